The van der Waals surface area contributed by atoms with Crippen LogP contribution >= 0.6 is 0 Å². The van der Waals surface area contributed by atoms with Crippen LogP contribution in [0.4, 0.5) is 0 Å². The number of methoxy groups -OCH3 is 1. The number of carbonyl (C=O) groups is 2. The van der Waals surface area contributed by atoms with Crippen molar-refractivity contribution >= 4 is 12.3 Å². The molecule has 0 fully saturated rings. The van der Waals surface area contributed by atoms with E-state index in [0.717, 1.165) is 83.6 Å². The number of aldehydes is 1. The Morgan fingerprint density at radius 3 is 1.44 bits per heavy atom. The van der Waals surface area contributed by atoms with E-state index in [0.29, 0.717) is 19.1 Å². The lowest BCUT2D eigenvalue weighted by Gasteiger charge is -2.25. The zero-order valence-electron chi connectivity index (χ0n) is 40.9. The van der Waals surface area contributed by atoms with Gasteiger partial charge in [0, 0.05) is 39.3 Å². The van der Waals surface area contributed by atoms with Gasteiger partial charge in [0.05, 0.1) is 12.5 Å². The molecule has 59 heavy (non-hydrogen) atoms. The summed E-state index contributed by atoms with van der Waals surface area (Å²) in [6, 6.07) is 0. The zero-order chi connectivity index (χ0) is 43.7. The summed E-state index contributed by atoms with van der Waals surface area (Å²) >= 11 is 0. The summed E-state index contributed by atoms with van der Waals surface area (Å²) in [5.41, 5.74) is 0. The number of nitrogens with zero attached hydrogens (tertiary/aromatic N) is 2. The second-order valence-electron chi connectivity index (χ2n) is 18.0. The van der Waals surface area contributed by atoms with Crippen molar-refractivity contribution in [1.82, 2.24) is 9.80 Å². The van der Waals surface area contributed by atoms with E-state index in [-0.39, 0.29) is 11.9 Å². The first kappa shape index (κ1) is 60.1. The molecule has 0 aromatic carbocycles. The lowest BCUT2D eigenvalue weighted by atomic mass is 9.95. The Labute approximate surface area is 369 Å². The molecule has 0 aromatic rings. The van der Waals surface area contributed by atoms with Gasteiger partial charge < -0.3 is 29.2 Å². The number of ether oxygens (including phenoxy) is 2. The summed E-state index contributed by atoms with van der Waals surface area (Å²) in [7, 11) is 4.07. The third-order valence-electron chi connectivity index (χ3n) is 12.1. The predicted octanol–water partition coefficient (Wildman–Crippen LogP) is 14.2. The Morgan fingerprint density at radius 2 is 0.915 bits per heavy atom. The summed E-state index contributed by atoms with van der Waals surface area (Å²) in [6.07, 6.45) is 42.6. The summed E-state index contributed by atoms with van der Waals surface area (Å²) < 4.78 is 10.9. The fourth-order valence-electron chi connectivity index (χ4n) is 7.91. The number of unbranched alkanes of at least 4 members (excludes halogenated alkanes) is 23. The Balaban J connectivity index is 0. The first-order valence-corrected chi connectivity index (χ1v) is 26.1. The van der Waals surface area contributed by atoms with Crippen molar-refractivity contribution in [3.63, 3.8) is 0 Å². The average Bonchev–Trinajstić information content (AvgIpc) is 3.24. The van der Waals surface area contributed by atoms with E-state index in [2.05, 4.69) is 44.5 Å². The molecule has 0 heterocycles. The molecule has 1 N–H and O–H groups in total. The van der Waals surface area contributed by atoms with E-state index in [1.165, 1.54) is 180 Å². The van der Waals surface area contributed by atoms with Crippen LogP contribution in [0, 0.1) is 11.8 Å². The molecule has 2 atom stereocenters. The minimum atomic E-state index is 0.0664. The second-order valence-corrected chi connectivity index (χ2v) is 18.0. The maximum absolute atomic E-state index is 12.7. The van der Waals surface area contributed by atoms with E-state index in [9.17, 15) is 9.59 Å². The third kappa shape index (κ3) is 46.3. The average molecular weight is 839 g/mol. The highest BCUT2D eigenvalue weighted by Gasteiger charge is 2.19. The van der Waals surface area contributed by atoms with E-state index in [1.54, 1.807) is 7.11 Å². The lowest BCUT2D eigenvalue weighted by molar-refractivity contribution is -0.149. The fraction of sp³-hybridized carbons (Fsp3) is 0.962. The summed E-state index contributed by atoms with van der Waals surface area (Å²) in [6.45, 7) is 16.7. The van der Waals surface area contributed by atoms with Gasteiger partial charge in [-0.2, -0.15) is 0 Å². The van der Waals surface area contributed by atoms with Crippen LogP contribution in [0.2, 0.25) is 0 Å². The highest BCUT2D eigenvalue weighted by atomic mass is 16.5. The van der Waals surface area contributed by atoms with Crippen molar-refractivity contribution < 1.29 is 24.2 Å². The molecule has 0 rings (SSSR count). The number of esters is 1. The quantitative estimate of drug-likeness (QED) is 0.0371. The third-order valence-corrected chi connectivity index (χ3v) is 12.1. The number of aliphatic hydroxyl groups excluding tert-OH is 1. The summed E-state index contributed by atoms with van der Waals surface area (Å²) in [5.74, 6) is 0.531. The first-order valence-electron chi connectivity index (χ1n) is 26.1. The lowest BCUT2D eigenvalue weighted by Crippen LogP contribution is -2.35. The van der Waals surface area contributed by atoms with Crippen molar-refractivity contribution in [2.45, 2.75) is 246 Å². The zero-order valence-corrected chi connectivity index (χ0v) is 40.9. The van der Waals surface area contributed by atoms with Crippen molar-refractivity contribution in [2.24, 2.45) is 11.8 Å². The monoisotopic (exact) mass is 839 g/mol. The molecular weight excluding hydrogens is 733 g/mol. The molecule has 0 aliphatic rings. The van der Waals surface area contributed by atoms with Gasteiger partial charge in [-0.3, -0.25) is 4.79 Å². The molecule has 7 heteroatoms. The van der Waals surface area contributed by atoms with Gasteiger partial charge in [-0.25, -0.2) is 0 Å². The maximum Gasteiger partial charge on any atom is 0.308 e. The molecule has 0 saturated carbocycles. The Bertz CT molecular complexity index is 814. The number of aliphatic hydroxyl groups is 1. The minimum Gasteiger partial charge on any atom is -0.465 e. The van der Waals surface area contributed by atoms with Crippen LogP contribution in [-0.2, 0) is 19.1 Å². The van der Waals surface area contributed by atoms with Crippen molar-refractivity contribution in [2.75, 3.05) is 66.7 Å². The second kappa shape index (κ2) is 51.3. The summed E-state index contributed by atoms with van der Waals surface area (Å²) in [5, 5.41) is 8.99. The van der Waals surface area contributed by atoms with E-state index in [1.807, 2.05) is 0 Å². The van der Waals surface area contributed by atoms with Crippen molar-refractivity contribution in [3.8, 4) is 0 Å². The van der Waals surface area contributed by atoms with Gasteiger partial charge in [0.1, 0.15) is 6.29 Å². The van der Waals surface area contributed by atoms with Crippen molar-refractivity contribution in [3.05, 3.63) is 0 Å². The molecular formula is C52H106N2O5. The smallest absolute Gasteiger partial charge is 0.308 e. The van der Waals surface area contributed by atoms with Crippen LogP contribution in [0.15, 0.2) is 0 Å². The van der Waals surface area contributed by atoms with Gasteiger partial charge in [0.15, 0.2) is 0 Å². The fourth-order valence-corrected chi connectivity index (χ4v) is 7.91. The minimum absolute atomic E-state index is 0.0664. The molecule has 0 spiro atoms. The molecule has 2 unspecified atom stereocenters. The molecule has 0 radical (unpaired) electrons. The molecule has 354 valence electrons. The van der Waals surface area contributed by atoms with Gasteiger partial charge in [-0.05, 0) is 90.9 Å². The first-order chi connectivity index (χ1) is 28.9. The van der Waals surface area contributed by atoms with Crippen LogP contribution in [-0.4, -0.2) is 93.9 Å². The standard InChI is InChI=1S/C40H82N2O4.C12H24O/c1-5-7-9-22-30-39(29-8-6-2)40(44)46-38-28-21-15-11-13-17-25-33-42(32-24-16-12-10-14-20-27-37-45-4)35-34-41(3)31-23-18-19-26-36-43;1-3-5-7-8-10-12(11-13)9-6-4-2/h39,43H,5-38H2,1-4H3;11-12H,3-10H2,1-2H3. The van der Waals surface area contributed by atoms with Crippen LogP contribution in [0.25, 0.3) is 0 Å². The Kier molecular flexibility index (Phi) is 52.3. The number of hydrogen-bond donors (Lipinski definition) is 1. The normalized spacial score (nSPS) is 12.5. The van der Waals surface area contributed by atoms with E-state index >= 15 is 0 Å². The summed E-state index contributed by atoms with van der Waals surface area (Å²) in [4.78, 5) is 28.6. The molecule has 0 aliphatic heterocycles. The highest BCUT2D eigenvalue weighted by Crippen LogP contribution is 2.20. The molecule has 0 aromatic heterocycles. The topological polar surface area (TPSA) is 79.3 Å². The van der Waals surface area contributed by atoms with Crippen LogP contribution < -0.4 is 0 Å². The van der Waals surface area contributed by atoms with Crippen LogP contribution in [0.5, 0.6) is 0 Å². The molecule has 0 saturated heterocycles. The van der Waals surface area contributed by atoms with Crippen LogP contribution in [0.3, 0.4) is 0 Å². The van der Waals surface area contributed by atoms with Crippen LogP contribution in [0.1, 0.15) is 246 Å². The van der Waals surface area contributed by atoms with Gasteiger partial charge in [-0.15, -0.1) is 0 Å². The Morgan fingerprint density at radius 1 is 0.492 bits per heavy atom. The maximum atomic E-state index is 12.7. The van der Waals surface area contributed by atoms with Crippen molar-refractivity contribution in [1.29, 1.82) is 0 Å². The number of likely N-dealkylation sites (N-methyl/N-ethyl adjacent to an activating group) is 1. The van der Waals surface area contributed by atoms with Gasteiger partial charge in [0.2, 0.25) is 0 Å². The number of hydrogen-bond acceptors (Lipinski definition) is 7. The highest BCUT2D eigenvalue weighted by molar-refractivity contribution is 5.72. The van der Waals surface area contributed by atoms with Gasteiger partial charge in [0.25, 0.3) is 0 Å². The molecule has 0 aliphatic carbocycles. The Hall–Kier alpha value is -1.02. The SMILES string of the molecule is CCCCCCC(C=O)CCCC.CCCCCCC(CCCC)C(=O)OCCCCCCCCCN(CCCCCCCCCOC)CCN(C)CCCCCCO. The van der Waals surface area contributed by atoms with Gasteiger partial charge in [-0.1, -0.05) is 182 Å². The van der Waals surface area contributed by atoms with E-state index in [4.69, 9.17) is 14.6 Å². The molecule has 0 bridgehead atoms. The molecule has 7 nitrogen and oxygen atoms in total. The van der Waals surface area contributed by atoms with E-state index < -0.39 is 0 Å². The number of carbonyl (C=O) groups excluding carboxylic acids is 2. The largest absolute Gasteiger partial charge is 0.465 e. The predicted molar refractivity (Wildman–Crippen MR) is 257 cm³/mol. The number of rotatable bonds is 47. The molecule has 0 amide bonds. The van der Waals surface area contributed by atoms with Gasteiger partial charge >= 0.3 is 5.97 Å².